The number of aliphatic hydroxyl groups is 1. The van der Waals surface area contributed by atoms with E-state index in [2.05, 4.69) is 27.1 Å². The van der Waals surface area contributed by atoms with E-state index in [0.29, 0.717) is 24.0 Å². The highest BCUT2D eigenvalue weighted by Gasteiger charge is 2.33. The molecule has 0 radical (unpaired) electrons. The van der Waals surface area contributed by atoms with Gasteiger partial charge in [-0.3, -0.25) is 9.69 Å². The lowest BCUT2D eigenvalue weighted by Gasteiger charge is -2.43. The van der Waals surface area contributed by atoms with Crippen molar-refractivity contribution in [2.75, 3.05) is 32.8 Å². The van der Waals surface area contributed by atoms with E-state index >= 15 is 0 Å². The van der Waals surface area contributed by atoms with Crippen LogP contribution in [-0.4, -0.2) is 69.5 Å². The average molecular weight is 513 g/mol. The van der Waals surface area contributed by atoms with Crippen molar-refractivity contribution in [3.8, 4) is 0 Å². The first-order chi connectivity index (χ1) is 17.9. The largest absolute Gasteiger partial charge is 0.395 e. The lowest BCUT2D eigenvalue weighted by atomic mass is 9.85. The van der Waals surface area contributed by atoms with Crippen LogP contribution >= 0.6 is 0 Å². The minimum Gasteiger partial charge on any atom is -0.395 e. The number of piperidine rings is 2. The number of allylic oxidation sites excluding steroid dienone is 1. The second-order valence-corrected chi connectivity index (χ2v) is 10.0. The Balaban J connectivity index is 1.13. The highest BCUT2D eigenvalue weighted by Crippen LogP contribution is 2.35. The number of fused-ring (bicyclic) bond motifs is 1. The molecular weight excluding hydrogens is 481 g/mol. The summed E-state index contributed by atoms with van der Waals surface area (Å²) in [5, 5.41) is 11.4. The van der Waals surface area contributed by atoms with Crippen molar-refractivity contribution < 1.29 is 23.1 Å². The zero-order chi connectivity index (χ0) is 25.9. The van der Waals surface area contributed by atoms with Crippen molar-refractivity contribution >= 4 is 16.8 Å². The van der Waals surface area contributed by atoms with Gasteiger partial charge in [0.2, 0.25) is 0 Å². The molecule has 0 bridgehead atoms. The van der Waals surface area contributed by atoms with Crippen LogP contribution in [-0.2, 0) is 0 Å². The van der Waals surface area contributed by atoms with E-state index in [1.54, 1.807) is 12.4 Å². The molecule has 6 nitrogen and oxygen atoms in total. The minimum atomic E-state index is -1.58. The van der Waals surface area contributed by atoms with Crippen molar-refractivity contribution in [2.45, 2.75) is 37.6 Å². The zero-order valence-corrected chi connectivity index (χ0v) is 20.5. The molecule has 4 heterocycles. The molecule has 196 valence electrons. The van der Waals surface area contributed by atoms with Gasteiger partial charge in [0, 0.05) is 54.8 Å². The van der Waals surface area contributed by atoms with Gasteiger partial charge in [0.1, 0.15) is 5.65 Å². The van der Waals surface area contributed by atoms with Gasteiger partial charge in [0.25, 0.3) is 0 Å². The number of hydrogen-bond acceptors (Lipinski definition) is 5. The Labute approximate surface area is 213 Å². The summed E-state index contributed by atoms with van der Waals surface area (Å²) >= 11 is 0. The summed E-state index contributed by atoms with van der Waals surface area (Å²) in [5.74, 6) is -4.10. The molecule has 9 heteroatoms. The third-order valence-corrected chi connectivity index (χ3v) is 7.93. The maximum Gasteiger partial charge on any atom is 0.194 e. The molecule has 2 aromatic heterocycles. The molecule has 0 aliphatic carbocycles. The maximum atomic E-state index is 13.4. The van der Waals surface area contributed by atoms with Crippen LogP contribution < -0.4 is 0 Å². The first-order valence-electron chi connectivity index (χ1n) is 12.8. The van der Waals surface area contributed by atoms with Crippen LogP contribution in [0.4, 0.5) is 13.2 Å². The van der Waals surface area contributed by atoms with Crippen molar-refractivity contribution in [1.82, 2.24) is 19.8 Å². The van der Waals surface area contributed by atoms with Gasteiger partial charge in [0.05, 0.1) is 6.61 Å². The van der Waals surface area contributed by atoms with Crippen LogP contribution in [0.25, 0.3) is 11.0 Å². The number of nitrogens with zero attached hydrogens (tertiary/aromatic N) is 3. The number of halogens is 3. The summed E-state index contributed by atoms with van der Waals surface area (Å²) < 4.78 is 40.0. The van der Waals surface area contributed by atoms with E-state index in [1.807, 2.05) is 11.0 Å². The molecule has 5 rings (SSSR count). The number of aromatic nitrogens is 2. The van der Waals surface area contributed by atoms with Crippen molar-refractivity contribution in [2.24, 2.45) is 5.92 Å². The number of carbonyl (C=O) groups is 1. The molecule has 37 heavy (non-hydrogen) atoms. The van der Waals surface area contributed by atoms with Crippen molar-refractivity contribution in [1.29, 1.82) is 0 Å². The topological polar surface area (TPSA) is 72.5 Å². The highest BCUT2D eigenvalue weighted by atomic mass is 19.2. The van der Waals surface area contributed by atoms with Gasteiger partial charge in [-0.1, -0.05) is 0 Å². The Hall–Kier alpha value is -3.17. The monoisotopic (exact) mass is 512 g/mol. The summed E-state index contributed by atoms with van der Waals surface area (Å²) in [6.45, 7) is 3.42. The van der Waals surface area contributed by atoms with Gasteiger partial charge in [0.15, 0.2) is 23.2 Å². The van der Waals surface area contributed by atoms with Gasteiger partial charge < -0.3 is 15.0 Å². The van der Waals surface area contributed by atoms with Crippen molar-refractivity contribution in [3.05, 3.63) is 77.5 Å². The first kappa shape index (κ1) is 25.5. The molecule has 2 saturated heterocycles. The third-order valence-electron chi connectivity index (χ3n) is 7.93. The van der Waals surface area contributed by atoms with Gasteiger partial charge in [-0.15, -0.1) is 0 Å². The smallest absolute Gasteiger partial charge is 0.194 e. The number of nitrogens with one attached hydrogen (secondary N) is 1. The summed E-state index contributed by atoms with van der Waals surface area (Å²) in [6.07, 6.45) is 10.6. The Morgan fingerprint density at radius 1 is 1.11 bits per heavy atom. The van der Waals surface area contributed by atoms with Crippen LogP contribution in [0.1, 0.15) is 47.5 Å². The Morgan fingerprint density at radius 2 is 1.81 bits per heavy atom. The molecule has 0 amide bonds. The fourth-order valence-electron chi connectivity index (χ4n) is 5.84. The number of aliphatic hydroxyl groups excluding tert-OH is 1. The molecule has 3 aromatic rings. The van der Waals surface area contributed by atoms with Crippen LogP contribution in [0.2, 0.25) is 0 Å². The number of rotatable bonds is 7. The van der Waals surface area contributed by atoms with Crippen LogP contribution in [0.15, 0.2) is 48.9 Å². The number of hydrogen-bond donors (Lipinski definition) is 2. The van der Waals surface area contributed by atoms with E-state index in [-0.39, 0.29) is 18.2 Å². The van der Waals surface area contributed by atoms with E-state index in [0.717, 1.165) is 57.5 Å². The van der Waals surface area contributed by atoms with E-state index in [4.69, 9.17) is 0 Å². The number of benzene rings is 1. The molecule has 0 saturated carbocycles. The van der Waals surface area contributed by atoms with Gasteiger partial charge >= 0.3 is 0 Å². The molecular formula is C28H31F3N4O2. The van der Waals surface area contributed by atoms with E-state index in [1.165, 1.54) is 17.0 Å². The molecule has 2 aliphatic rings. The summed E-state index contributed by atoms with van der Waals surface area (Å²) in [6, 6.07) is 5.60. The fourth-order valence-corrected chi connectivity index (χ4v) is 5.84. The Bertz CT molecular complexity index is 1250. The number of H-pyrrole nitrogens is 1. The molecule has 1 atom stereocenters. The summed E-state index contributed by atoms with van der Waals surface area (Å²) in [4.78, 5) is 24.4. The zero-order valence-electron chi connectivity index (χ0n) is 20.5. The van der Waals surface area contributed by atoms with E-state index < -0.39 is 23.2 Å². The Kier molecular flexibility index (Phi) is 7.62. The normalized spacial score (nSPS) is 19.2. The highest BCUT2D eigenvalue weighted by molar-refractivity contribution is 6.04. The molecule has 2 N–H and O–H groups in total. The predicted molar refractivity (Wildman–Crippen MR) is 135 cm³/mol. The van der Waals surface area contributed by atoms with Crippen molar-refractivity contribution in [3.63, 3.8) is 0 Å². The second kappa shape index (κ2) is 11.1. The summed E-state index contributed by atoms with van der Waals surface area (Å²) in [7, 11) is 0. The quantitative estimate of drug-likeness (QED) is 0.274. The maximum absolute atomic E-state index is 13.4. The summed E-state index contributed by atoms with van der Waals surface area (Å²) in [5.41, 5.74) is 2.02. The fraction of sp³-hybridized carbons (Fsp3) is 0.429. The first-order valence-corrected chi connectivity index (χ1v) is 12.8. The van der Waals surface area contributed by atoms with Gasteiger partial charge in [-0.05, 0) is 80.4 Å². The minimum absolute atomic E-state index is 0.100. The third kappa shape index (κ3) is 5.43. The molecule has 2 aliphatic heterocycles. The lowest BCUT2D eigenvalue weighted by molar-refractivity contribution is 0.0397. The molecule has 1 unspecified atom stereocenters. The second-order valence-electron chi connectivity index (χ2n) is 10.0. The standard InChI is InChI=1S/C28H31F3N4O2/c29-23-14-20(15-24(30)27(23)31)26(37)7-11-34-9-3-19(4-10-34)25(17-36)35-12-5-18(6-13-35)22-16-33-28-21(22)2-1-8-32-28/h1-2,7-8,11,14-16,18-19,25,36H,3-6,9-10,12-13,17H2,(H,32,33). The Morgan fingerprint density at radius 3 is 2.49 bits per heavy atom. The number of carbonyl (C=O) groups excluding carboxylic acids is 1. The van der Waals surface area contributed by atoms with Crippen LogP contribution in [0, 0.1) is 23.4 Å². The number of ketones is 1. The van der Waals surface area contributed by atoms with Crippen LogP contribution in [0.5, 0.6) is 0 Å². The van der Waals surface area contributed by atoms with Gasteiger partial charge in [-0.25, -0.2) is 18.2 Å². The predicted octanol–water partition coefficient (Wildman–Crippen LogP) is 4.63. The molecule has 2 fully saturated rings. The number of pyridine rings is 1. The lowest BCUT2D eigenvalue weighted by Crippen LogP contribution is -2.49. The number of aromatic amines is 1. The average Bonchev–Trinajstić information content (AvgIpc) is 3.36. The molecule has 0 spiro atoms. The SMILES string of the molecule is O=C(C=CN1CCC(C(CO)N2CCC(c3c[nH]c4ncccc34)CC2)CC1)c1cc(F)c(F)c(F)c1. The van der Waals surface area contributed by atoms with Crippen LogP contribution in [0.3, 0.4) is 0 Å². The molecule has 1 aromatic carbocycles. The van der Waals surface area contributed by atoms with E-state index in [9.17, 15) is 23.1 Å². The van der Waals surface area contributed by atoms with Gasteiger partial charge in [-0.2, -0.15) is 0 Å². The number of likely N-dealkylation sites (tertiary alicyclic amines) is 2.